The second-order valence-corrected chi connectivity index (χ2v) is 7.29. The topological polar surface area (TPSA) is 72.5 Å². The number of nitrogens with one attached hydrogen (secondary N) is 1. The van der Waals surface area contributed by atoms with E-state index < -0.39 is 40.5 Å². The average Bonchev–Trinajstić information content (AvgIpc) is 2.60. The average molecular weight is 389 g/mol. The fourth-order valence-electron chi connectivity index (χ4n) is 2.24. The van der Waals surface area contributed by atoms with Crippen molar-refractivity contribution in [3.63, 3.8) is 0 Å². The highest BCUT2D eigenvalue weighted by atomic mass is 19.1. The number of benzene rings is 2. The maximum atomic E-state index is 13.6. The van der Waals surface area contributed by atoms with E-state index in [1.54, 1.807) is 32.9 Å². The number of anilines is 1. The van der Waals surface area contributed by atoms with Crippen LogP contribution >= 0.6 is 0 Å². The fraction of sp³-hybridized carbons (Fsp3) is 0.286. The van der Waals surface area contributed by atoms with Gasteiger partial charge in [-0.1, -0.05) is 26.8 Å². The first-order valence-electron chi connectivity index (χ1n) is 8.61. The van der Waals surface area contributed by atoms with Crippen LogP contribution in [0.25, 0.3) is 0 Å². The van der Waals surface area contributed by atoms with Gasteiger partial charge in [-0.2, -0.15) is 0 Å². The Morgan fingerprint density at radius 2 is 1.50 bits per heavy atom. The largest absolute Gasteiger partial charge is 0.451 e. The lowest BCUT2D eigenvalue weighted by molar-refractivity contribution is -0.123. The van der Waals surface area contributed by atoms with E-state index >= 15 is 0 Å². The van der Waals surface area contributed by atoms with Gasteiger partial charge >= 0.3 is 5.97 Å². The van der Waals surface area contributed by atoms with Gasteiger partial charge in [-0.05, 0) is 43.3 Å². The number of rotatable bonds is 5. The highest BCUT2D eigenvalue weighted by molar-refractivity contribution is 6.02. The molecule has 7 heteroatoms. The van der Waals surface area contributed by atoms with Crippen LogP contribution < -0.4 is 5.32 Å². The van der Waals surface area contributed by atoms with Crippen LogP contribution in [0.2, 0.25) is 0 Å². The van der Waals surface area contributed by atoms with E-state index in [0.717, 1.165) is 18.2 Å². The molecule has 0 heterocycles. The Morgan fingerprint density at radius 3 is 2.00 bits per heavy atom. The maximum Gasteiger partial charge on any atom is 0.344 e. The summed E-state index contributed by atoms with van der Waals surface area (Å²) in [6, 6.07) is 9.00. The molecule has 0 bridgehead atoms. The summed E-state index contributed by atoms with van der Waals surface area (Å²) in [5.74, 6) is -4.11. The molecule has 5 nitrogen and oxygen atoms in total. The van der Waals surface area contributed by atoms with Crippen LogP contribution in [0.3, 0.4) is 0 Å². The number of carbonyl (C=O) groups is 3. The van der Waals surface area contributed by atoms with Gasteiger partial charge in [-0.3, -0.25) is 9.59 Å². The van der Waals surface area contributed by atoms with Crippen molar-refractivity contribution in [2.24, 2.45) is 5.41 Å². The van der Waals surface area contributed by atoms with Gasteiger partial charge in [-0.25, -0.2) is 13.6 Å². The molecule has 0 aliphatic heterocycles. The van der Waals surface area contributed by atoms with Gasteiger partial charge in [0.15, 0.2) is 6.10 Å². The van der Waals surface area contributed by atoms with Crippen molar-refractivity contribution in [2.75, 3.05) is 5.32 Å². The Labute approximate surface area is 161 Å². The Hall–Kier alpha value is -3.09. The zero-order valence-electron chi connectivity index (χ0n) is 16.0. The number of hydrogen-bond acceptors (Lipinski definition) is 4. The zero-order valence-corrected chi connectivity index (χ0v) is 16.0. The van der Waals surface area contributed by atoms with Gasteiger partial charge in [0.1, 0.15) is 17.2 Å². The molecule has 1 N–H and O–H groups in total. The van der Waals surface area contributed by atoms with Crippen LogP contribution in [0.15, 0.2) is 42.5 Å². The highest BCUT2D eigenvalue weighted by Crippen LogP contribution is 2.19. The highest BCUT2D eigenvalue weighted by Gasteiger charge is 2.25. The van der Waals surface area contributed by atoms with Crippen molar-refractivity contribution in [1.82, 2.24) is 0 Å². The molecule has 1 atom stereocenters. The quantitative estimate of drug-likeness (QED) is 0.609. The Kier molecular flexibility index (Phi) is 6.28. The lowest BCUT2D eigenvalue weighted by Crippen LogP contribution is -2.27. The number of ketones is 1. The minimum atomic E-state index is -1.26. The first-order chi connectivity index (χ1) is 13.0. The molecule has 148 valence electrons. The molecule has 1 amide bonds. The van der Waals surface area contributed by atoms with Crippen LogP contribution in [0.5, 0.6) is 0 Å². The van der Waals surface area contributed by atoms with Gasteiger partial charge in [0.25, 0.3) is 0 Å². The summed E-state index contributed by atoms with van der Waals surface area (Å²) in [6.07, 6.45) is -1.25. The lowest BCUT2D eigenvalue weighted by atomic mass is 9.95. The molecule has 0 saturated heterocycles. The SMILES string of the molecule is C[C@H](OC(=O)c1c(F)cccc1F)C(=O)c1ccc(NC(=O)C(C)(C)C)cc1. The van der Waals surface area contributed by atoms with E-state index in [2.05, 4.69) is 5.32 Å². The van der Waals surface area contributed by atoms with Crippen LogP contribution in [0.1, 0.15) is 48.4 Å². The van der Waals surface area contributed by atoms with E-state index in [9.17, 15) is 23.2 Å². The number of hydrogen-bond donors (Lipinski definition) is 1. The van der Waals surface area contributed by atoms with E-state index in [1.165, 1.54) is 19.1 Å². The number of halogens is 2. The fourth-order valence-corrected chi connectivity index (χ4v) is 2.24. The summed E-state index contributed by atoms with van der Waals surface area (Å²) in [6.45, 7) is 6.63. The molecule has 2 aromatic rings. The minimum Gasteiger partial charge on any atom is -0.451 e. The van der Waals surface area contributed by atoms with Crippen molar-refractivity contribution < 1.29 is 27.9 Å². The lowest BCUT2D eigenvalue weighted by Gasteiger charge is -2.18. The molecule has 0 fully saturated rings. The van der Waals surface area contributed by atoms with Crippen molar-refractivity contribution >= 4 is 23.3 Å². The molecule has 0 saturated carbocycles. The summed E-state index contributed by atoms with van der Waals surface area (Å²) in [4.78, 5) is 36.4. The predicted octanol–water partition coefficient (Wildman–Crippen LogP) is 4.38. The minimum absolute atomic E-state index is 0.180. The smallest absolute Gasteiger partial charge is 0.344 e. The molecular formula is C21H21F2NO4. The van der Waals surface area contributed by atoms with Crippen molar-refractivity contribution in [1.29, 1.82) is 0 Å². The van der Waals surface area contributed by atoms with Crippen molar-refractivity contribution in [3.05, 3.63) is 65.2 Å². The number of ether oxygens (including phenoxy) is 1. The molecular weight excluding hydrogens is 368 g/mol. The Bertz CT molecular complexity index is 881. The third-order valence-electron chi connectivity index (χ3n) is 3.93. The van der Waals surface area contributed by atoms with Gasteiger partial charge in [-0.15, -0.1) is 0 Å². The van der Waals surface area contributed by atoms with Crippen LogP contribution in [-0.2, 0) is 9.53 Å². The summed E-state index contributed by atoms with van der Waals surface area (Å²) in [5.41, 5.74) is -0.681. The molecule has 0 radical (unpaired) electrons. The van der Waals surface area contributed by atoms with Crippen molar-refractivity contribution in [2.45, 2.75) is 33.8 Å². The van der Waals surface area contributed by atoms with E-state index in [1.807, 2.05) is 0 Å². The molecule has 28 heavy (non-hydrogen) atoms. The molecule has 0 aliphatic rings. The number of esters is 1. The first-order valence-corrected chi connectivity index (χ1v) is 8.61. The van der Waals surface area contributed by atoms with Crippen LogP contribution in [-0.4, -0.2) is 23.8 Å². The number of carbonyl (C=O) groups excluding carboxylic acids is 3. The normalized spacial score (nSPS) is 12.2. The second-order valence-electron chi connectivity index (χ2n) is 7.29. The van der Waals surface area contributed by atoms with Crippen LogP contribution in [0.4, 0.5) is 14.5 Å². The van der Waals surface area contributed by atoms with Gasteiger partial charge in [0.2, 0.25) is 11.7 Å². The van der Waals surface area contributed by atoms with E-state index in [-0.39, 0.29) is 11.5 Å². The van der Waals surface area contributed by atoms with Crippen LogP contribution in [0, 0.1) is 17.0 Å². The number of amides is 1. The van der Waals surface area contributed by atoms with E-state index in [0.29, 0.717) is 5.69 Å². The standard InChI is InChI=1S/C21H21F2NO4/c1-12(28-19(26)17-15(22)6-5-7-16(17)23)18(25)13-8-10-14(11-9-13)24-20(27)21(2,3)4/h5-12H,1-4H3,(H,24,27)/t12-/m0/s1. The summed E-state index contributed by atoms with van der Waals surface area (Å²) >= 11 is 0. The monoisotopic (exact) mass is 389 g/mol. The third-order valence-corrected chi connectivity index (χ3v) is 3.93. The van der Waals surface area contributed by atoms with E-state index in [4.69, 9.17) is 4.74 Å². The zero-order chi connectivity index (χ0) is 21.1. The second kappa shape index (κ2) is 8.29. The first kappa shape index (κ1) is 21.2. The third kappa shape index (κ3) is 5.00. The van der Waals surface area contributed by atoms with Gasteiger partial charge in [0.05, 0.1) is 0 Å². The van der Waals surface area contributed by atoms with Crippen molar-refractivity contribution in [3.8, 4) is 0 Å². The summed E-state index contributed by atoms with van der Waals surface area (Å²) in [5, 5.41) is 2.72. The molecule has 2 aromatic carbocycles. The van der Waals surface area contributed by atoms with Gasteiger partial charge < -0.3 is 10.1 Å². The predicted molar refractivity (Wildman–Crippen MR) is 100 cm³/mol. The molecule has 0 unspecified atom stereocenters. The maximum absolute atomic E-state index is 13.6. The molecule has 2 rings (SSSR count). The molecule has 0 aromatic heterocycles. The Balaban J connectivity index is 2.07. The van der Waals surface area contributed by atoms with Gasteiger partial charge in [0, 0.05) is 16.7 Å². The molecule has 0 spiro atoms. The number of Topliss-reactive ketones (excluding diaryl/α,β-unsaturated/α-hetero) is 1. The molecule has 0 aliphatic carbocycles. The summed E-state index contributed by atoms with van der Waals surface area (Å²) in [7, 11) is 0. The Morgan fingerprint density at radius 1 is 0.964 bits per heavy atom. The summed E-state index contributed by atoms with van der Waals surface area (Å²) < 4.78 is 32.2.